The van der Waals surface area contributed by atoms with Crippen molar-refractivity contribution in [3.63, 3.8) is 0 Å². The molecule has 0 saturated carbocycles. The van der Waals surface area contributed by atoms with E-state index in [0.717, 1.165) is 32.5 Å². The summed E-state index contributed by atoms with van der Waals surface area (Å²) >= 11 is 1.77. The lowest BCUT2D eigenvalue weighted by atomic mass is 10.0. The molecule has 4 rings (SSSR count). The number of nitrogens with zero attached hydrogens (tertiary/aromatic N) is 2. The fourth-order valence-electron chi connectivity index (χ4n) is 3.62. The van der Waals surface area contributed by atoms with Crippen LogP contribution in [-0.2, 0) is 11.3 Å². The monoisotopic (exact) mass is 385 g/mol. The third kappa shape index (κ3) is 3.99. The maximum atomic E-state index is 12.7. The van der Waals surface area contributed by atoms with E-state index in [0.29, 0.717) is 17.0 Å². The molecule has 2 amide bonds. The second kappa shape index (κ2) is 7.70. The van der Waals surface area contributed by atoms with Crippen LogP contribution in [0.25, 0.3) is 0 Å². The second-order valence-electron chi connectivity index (χ2n) is 7.05. The molecule has 1 N–H and O–H groups in total. The van der Waals surface area contributed by atoms with Crippen LogP contribution < -0.4 is 15.0 Å². The quantitative estimate of drug-likeness (QED) is 0.878. The molecule has 0 bridgehead atoms. The number of likely N-dealkylation sites (N-methyl/N-ethyl adjacent to an activating group) is 1. The summed E-state index contributed by atoms with van der Waals surface area (Å²) in [7, 11) is 1.70. The number of benzene rings is 1. The predicted molar refractivity (Wildman–Crippen MR) is 105 cm³/mol. The molecule has 6 nitrogen and oxygen atoms in total. The molecule has 2 aromatic rings. The van der Waals surface area contributed by atoms with Gasteiger partial charge in [0.2, 0.25) is 0 Å². The number of likely N-dealkylation sites (tertiary alicyclic amines) is 1. The Bertz CT molecular complexity index is 837. The zero-order valence-electron chi connectivity index (χ0n) is 15.3. The number of hydrogen-bond donors (Lipinski definition) is 1. The number of nitrogens with one attached hydrogen (secondary N) is 1. The Balaban J connectivity index is 1.41. The molecular weight excluding hydrogens is 362 g/mol. The number of hydrogen-bond acceptors (Lipinski definition) is 5. The highest BCUT2D eigenvalue weighted by molar-refractivity contribution is 7.09. The molecule has 0 aliphatic carbocycles. The minimum Gasteiger partial charge on any atom is -0.482 e. The first-order valence-electron chi connectivity index (χ1n) is 9.19. The molecule has 27 heavy (non-hydrogen) atoms. The zero-order valence-corrected chi connectivity index (χ0v) is 16.1. The molecule has 1 aromatic carbocycles. The fourth-order valence-corrected chi connectivity index (χ4v) is 4.37. The normalized spacial score (nSPS) is 20.1. The molecule has 2 aliphatic rings. The third-order valence-electron chi connectivity index (χ3n) is 5.11. The number of ether oxygens (including phenoxy) is 1. The smallest absolute Gasteiger partial charge is 0.264 e. The highest BCUT2D eigenvalue weighted by Gasteiger charge is 2.25. The maximum Gasteiger partial charge on any atom is 0.264 e. The molecule has 1 aromatic heterocycles. The minimum absolute atomic E-state index is 0.0389. The molecule has 3 heterocycles. The first-order valence-corrected chi connectivity index (χ1v) is 10.1. The Morgan fingerprint density at radius 3 is 3.07 bits per heavy atom. The standard InChI is InChI=1S/C20H23N3O3S/c1-22-17-10-14(6-7-18(17)26-13-19(22)24)20(25)21-15-4-2-8-23(11-15)12-16-5-3-9-27-16/h3,5-7,9-10,15H,2,4,8,11-13H2,1H3,(H,21,25). The van der Waals surface area contributed by atoms with Crippen molar-refractivity contribution in [2.75, 3.05) is 31.6 Å². The van der Waals surface area contributed by atoms with Crippen LogP contribution in [0.5, 0.6) is 5.75 Å². The predicted octanol–water partition coefficient (Wildman–Crippen LogP) is 2.50. The number of anilines is 1. The van der Waals surface area contributed by atoms with Crippen molar-refractivity contribution in [3.05, 3.63) is 46.2 Å². The Morgan fingerprint density at radius 1 is 1.37 bits per heavy atom. The summed E-state index contributed by atoms with van der Waals surface area (Å²) in [5.74, 6) is 0.414. The van der Waals surface area contributed by atoms with Crippen molar-refractivity contribution in [3.8, 4) is 5.75 Å². The lowest BCUT2D eigenvalue weighted by molar-refractivity contribution is -0.120. The molecule has 0 spiro atoms. The summed E-state index contributed by atoms with van der Waals surface area (Å²) in [5.41, 5.74) is 1.19. The van der Waals surface area contributed by atoms with Crippen LogP contribution in [-0.4, -0.2) is 49.5 Å². The minimum atomic E-state index is -0.114. The number of carbonyl (C=O) groups is 2. The van der Waals surface area contributed by atoms with Crippen LogP contribution in [0.2, 0.25) is 0 Å². The Kier molecular flexibility index (Phi) is 5.13. The molecule has 1 atom stereocenters. The van der Waals surface area contributed by atoms with Crippen LogP contribution in [0.15, 0.2) is 35.7 Å². The first kappa shape index (κ1) is 18.0. The van der Waals surface area contributed by atoms with Crippen LogP contribution in [0.1, 0.15) is 28.1 Å². The number of piperidine rings is 1. The summed E-state index contributed by atoms with van der Waals surface area (Å²) in [4.78, 5) is 29.8. The van der Waals surface area contributed by atoms with E-state index in [4.69, 9.17) is 4.74 Å². The third-order valence-corrected chi connectivity index (χ3v) is 5.97. The summed E-state index contributed by atoms with van der Waals surface area (Å²) in [6, 6.07) is 9.61. The van der Waals surface area contributed by atoms with Crippen molar-refractivity contribution in [2.24, 2.45) is 0 Å². The van der Waals surface area contributed by atoms with Gasteiger partial charge in [-0.3, -0.25) is 14.5 Å². The molecule has 142 valence electrons. The summed E-state index contributed by atoms with van der Waals surface area (Å²) in [6.45, 7) is 2.90. The van der Waals surface area contributed by atoms with Gasteiger partial charge in [-0.25, -0.2) is 0 Å². The Morgan fingerprint density at radius 2 is 2.26 bits per heavy atom. The zero-order chi connectivity index (χ0) is 18.8. The summed E-state index contributed by atoms with van der Waals surface area (Å²) in [5, 5.41) is 5.25. The molecular formula is C20H23N3O3S. The van der Waals surface area contributed by atoms with Gasteiger partial charge in [0.25, 0.3) is 11.8 Å². The number of rotatable bonds is 4. The topological polar surface area (TPSA) is 61.9 Å². The molecule has 2 aliphatic heterocycles. The van der Waals surface area contributed by atoms with Crippen LogP contribution >= 0.6 is 11.3 Å². The van der Waals surface area contributed by atoms with Gasteiger partial charge < -0.3 is 15.0 Å². The van der Waals surface area contributed by atoms with E-state index >= 15 is 0 Å². The van der Waals surface area contributed by atoms with Gasteiger partial charge in [-0.05, 0) is 49.0 Å². The van der Waals surface area contributed by atoms with E-state index in [2.05, 4.69) is 27.7 Å². The molecule has 1 unspecified atom stereocenters. The van der Waals surface area contributed by atoms with Crippen molar-refractivity contribution in [2.45, 2.75) is 25.4 Å². The van der Waals surface area contributed by atoms with Gasteiger partial charge in [0.05, 0.1) is 5.69 Å². The van der Waals surface area contributed by atoms with Gasteiger partial charge in [-0.15, -0.1) is 11.3 Å². The molecule has 7 heteroatoms. The maximum absolute atomic E-state index is 12.7. The van der Waals surface area contributed by atoms with Gasteiger partial charge in [-0.1, -0.05) is 6.07 Å². The highest BCUT2D eigenvalue weighted by atomic mass is 32.1. The van der Waals surface area contributed by atoms with Crippen molar-refractivity contribution in [1.82, 2.24) is 10.2 Å². The van der Waals surface area contributed by atoms with Crippen molar-refractivity contribution >= 4 is 28.8 Å². The van der Waals surface area contributed by atoms with Gasteiger partial charge in [0, 0.05) is 36.6 Å². The molecule has 0 radical (unpaired) electrons. The van der Waals surface area contributed by atoms with E-state index in [1.807, 2.05) is 0 Å². The fraction of sp³-hybridized carbons (Fsp3) is 0.400. The first-order chi connectivity index (χ1) is 13.1. The van der Waals surface area contributed by atoms with Crippen molar-refractivity contribution < 1.29 is 14.3 Å². The molecule has 1 fully saturated rings. The Hall–Kier alpha value is -2.38. The number of amides is 2. The van der Waals surface area contributed by atoms with Gasteiger partial charge >= 0.3 is 0 Å². The highest BCUT2D eigenvalue weighted by Crippen LogP contribution is 2.32. The van der Waals surface area contributed by atoms with E-state index < -0.39 is 0 Å². The SMILES string of the molecule is CN1C(=O)COc2ccc(C(=O)NC3CCCN(Cc4cccs4)C3)cc21. The Labute approximate surface area is 162 Å². The van der Waals surface area contributed by atoms with Gasteiger partial charge in [-0.2, -0.15) is 0 Å². The van der Waals surface area contributed by atoms with Crippen molar-refractivity contribution in [1.29, 1.82) is 0 Å². The summed E-state index contributed by atoms with van der Waals surface area (Å²) < 4.78 is 5.43. The van der Waals surface area contributed by atoms with E-state index in [-0.39, 0.29) is 24.5 Å². The van der Waals surface area contributed by atoms with Crippen LogP contribution in [0.3, 0.4) is 0 Å². The average Bonchev–Trinajstić information content (AvgIpc) is 3.18. The second-order valence-corrected chi connectivity index (χ2v) is 8.08. The lowest BCUT2D eigenvalue weighted by Gasteiger charge is -2.33. The van der Waals surface area contributed by atoms with E-state index in [1.165, 1.54) is 4.88 Å². The van der Waals surface area contributed by atoms with E-state index in [1.54, 1.807) is 41.5 Å². The lowest BCUT2D eigenvalue weighted by Crippen LogP contribution is -2.47. The van der Waals surface area contributed by atoms with Gasteiger partial charge in [0.15, 0.2) is 6.61 Å². The van der Waals surface area contributed by atoms with Crippen LogP contribution in [0.4, 0.5) is 5.69 Å². The summed E-state index contributed by atoms with van der Waals surface area (Å²) in [6.07, 6.45) is 2.06. The van der Waals surface area contributed by atoms with Crippen LogP contribution in [0, 0.1) is 0 Å². The number of fused-ring (bicyclic) bond motifs is 1. The number of thiophene rings is 1. The number of carbonyl (C=O) groups excluding carboxylic acids is 2. The molecule has 1 saturated heterocycles. The largest absolute Gasteiger partial charge is 0.482 e. The van der Waals surface area contributed by atoms with E-state index in [9.17, 15) is 9.59 Å². The van der Waals surface area contributed by atoms with Gasteiger partial charge in [0.1, 0.15) is 5.75 Å². The average molecular weight is 385 g/mol.